The maximum absolute atomic E-state index is 6.00. The van der Waals surface area contributed by atoms with Crippen molar-refractivity contribution < 1.29 is 9.47 Å². The largest absolute Gasteiger partial charge is 0.477 e. The standard InChI is InChI=1S/C16H21N3O2/c1-18-7-11-3-4-12-13(15(11)20-9-18)5-6-17-14-8-19(2)10-21-16(12)14/h3-4,17H,5-10H2,1-2H3. The first-order chi connectivity index (χ1) is 10.2. The molecule has 1 aromatic carbocycles. The Labute approximate surface area is 125 Å². The van der Waals surface area contributed by atoms with Gasteiger partial charge in [-0.15, -0.1) is 0 Å². The molecule has 0 saturated carbocycles. The van der Waals surface area contributed by atoms with E-state index in [9.17, 15) is 0 Å². The van der Waals surface area contributed by atoms with Crippen molar-refractivity contribution in [3.05, 3.63) is 34.5 Å². The Morgan fingerprint density at radius 1 is 1.05 bits per heavy atom. The molecule has 0 amide bonds. The van der Waals surface area contributed by atoms with Gasteiger partial charge in [0.25, 0.3) is 0 Å². The third kappa shape index (κ3) is 2.17. The molecule has 3 heterocycles. The molecule has 5 nitrogen and oxygen atoms in total. The summed E-state index contributed by atoms with van der Waals surface area (Å²) in [6, 6.07) is 4.38. The van der Waals surface area contributed by atoms with E-state index in [4.69, 9.17) is 9.47 Å². The molecular formula is C16H21N3O2. The first kappa shape index (κ1) is 13.0. The smallest absolute Gasteiger partial charge is 0.149 e. The van der Waals surface area contributed by atoms with E-state index in [1.807, 2.05) is 0 Å². The SMILES string of the molecule is CN1COC2=C(C1)NCCc1c2ccc2c1OCN(C)C2. The van der Waals surface area contributed by atoms with Crippen LogP contribution in [0.5, 0.6) is 5.75 Å². The fraction of sp³-hybridized carbons (Fsp3) is 0.500. The lowest BCUT2D eigenvalue weighted by Crippen LogP contribution is -2.34. The van der Waals surface area contributed by atoms with Gasteiger partial charge in [-0.05, 0) is 20.5 Å². The van der Waals surface area contributed by atoms with Crippen LogP contribution in [0.4, 0.5) is 0 Å². The van der Waals surface area contributed by atoms with Crippen molar-refractivity contribution >= 4 is 5.76 Å². The average molecular weight is 287 g/mol. The minimum atomic E-state index is 0.640. The van der Waals surface area contributed by atoms with E-state index in [-0.39, 0.29) is 0 Å². The molecular weight excluding hydrogens is 266 g/mol. The van der Waals surface area contributed by atoms with Crippen molar-refractivity contribution in [2.75, 3.05) is 40.6 Å². The first-order valence-electron chi connectivity index (χ1n) is 7.47. The molecule has 0 unspecified atom stereocenters. The highest BCUT2D eigenvalue weighted by Gasteiger charge is 2.28. The Kier molecular flexibility index (Phi) is 3.05. The Hall–Kier alpha value is -1.72. The van der Waals surface area contributed by atoms with Crippen LogP contribution in [0, 0.1) is 0 Å². The van der Waals surface area contributed by atoms with Gasteiger partial charge < -0.3 is 14.8 Å². The lowest BCUT2D eigenvalue weighted by atomic mass is 9.97. The second-order valence-electron chi connectivity index (χ2n) is 6.14. The van der Waals surface area contributed by atoms with Gasteiger partial charge in [-0.1, -0.05) is 12.1 Å². The molecule has 3 aliphatic heterocycles. The van der Waals surface area contributed by atoms with E-state index in [0.29, 0.717) is 13.5 Å². The van der Waals surface area contributed by atoms with Crippen molar-refractivity contribution in [2.24, 2.45) is 0 Å². The quantitative estimate of drug-likeness (QED) is 0.776. The molecule has 4 rings (SSSR count). The topological polar surface area (TPSA) is 37.0 Å². The van der Waals surface area contributed by atoms with Crippen LogP contribution >= 0.6 is 0 Å². The van der Waals surface area contributed by atoms with Gasteiger partial charge in [-0.25, -0.2) is 0 Å². The summed E-state index contributed by atoms with van der Waals surface area (Å²) in [5.74, 6) is 2.08. The van der Waals surface area contributed by atoms with Crippen LogP contribution < -0.4 is 10.1 Å². The molecule has 0 bridgehead atoms. The lowest BCUT2D eigenvalue weighted by Gasteiger charge is -2.30. The number of nitrogens with zero attached hydrogens (tertiary/aromatic N) is 2. The minimum Gasteiger partial charge on any atom is -0.477 e. The number of fused-ring (bicyclic) bond motifs is 4. The predicted molar refractivity (Wildman–Crippen MR) is 80.6 cm³/mol. The highest BCUT2D eigenvalue weighted by atomic mass is 16.5. The summed E-state index contributed by atoms with van der Waals surface area (Å²) < 4.78 is 12.0. The van der Waals surface area contributed by atoms with E-state index >= 15 is 0 Å². The van der Waals surface area contributed by atoms with Gasteiger partial charge in [0, 0.05) is 36.3 Å². The molecule has 5 heteroatoms. The maximum Gasteiger partial charge on any atom is 0.149 e. The monoisotopic (exact) mass is 287 g/mol. The molecule has 0 atom stereocenters. The summed E-state index contributed by atoms with van der Waals surface area (Å²) >= 11 is 0. The van der Waals surface area contributed by atoms with Crippen molar-refractivity contribution in [3.8, 4) is 5.75 Å². The van der Waals surface area contributed by atoms with Crippen molar-refractivity contribution in [2.45, 2.75) is 13.0 Å². The fourth-order valence-corrected chi connectivity index (χ4v) is 3.32. The minimum absolute atomic E-state index is 0.640. The van der Waals surface area contributed by atoms with E-state index in [1.54, 1.807) is 0 Å². The molecule has 0 fully saturated rings. The number of nitrogens with one attached hydrogen (secondary N) is 1. The second-order valence-corrected chi connectivity index (χ2v) is 6.14. The Balaban J connectivity index is 1.82. The highest BCUT2D eigenvalue weighted by molar-refractivity contribution is 5.71. The van der Waals surface area contributed by atoms with Gasteiger partial charge in [-0.3, -0.25) is 9.80 Å². The molecule has 112 valence electrons. The fourth-order valence-electron chi connectivity index (χ4n) is 3.32. The van der Waals surface area contributed by atoms with E-state index in [0.717, 1.165) is 37.6 Å². The molecule has 0 saturated heterocycles. The van der Waals surface area contributed by atoms with Crippen LogP contribution in [0.3, 0.4) is 0 Å². The van der Waals surface area contributed by atoms with E-state index < -0.39 is 0 Å². The summed E-state index contributed by atoms with van der Waals surface area (Å²) in [6.45, 7) is 4.09. The average Bonchev–Trinajstić information content (AvgIpc) is 2.65. The summed E-state index contributed by atoms with van der Waals surface area (Å²) in [4.78, 5) is 4.35. The summed E-state index contributed by atoms with van der Waals surface area (Å²) in [6.07, 6.45) is 0.974. The number of hydrogen-bond donors (Lipinski definition) is 1. The zero-order valence-electron chi connectivity index (χ0n) is 12.6. The van der Waals surface area contributed by atoms with Crippen LogP contribution in [0.2, 0.25) is 0 Å². The van der Waals surface area contributed by atoms with Crippen molar-refractivity contribution in [1.29, 1.82) is 0 Å². The highest BCUT2D eigenvalue weighted by Crippen LogP contribution is 2.37. The molecule has 3 aliphatic rings. The number of benzene rings is 1. The Morgan fingerprint density at radius 3 is 2.76 bits per heavy atom. The maximum atomic E-state index is 6.00. The number of ether oxygens (including phenoxy) is 2. The summed E-state index contributed by atoms with van der Waals surface area (Å²) in [5, 5.41) is 3.52. The lowest BCUT2D eigenvalue weighted by molar-refractivity contribution is 0.113. The molecule has 0 radical (unpaired) electrons. The molecule has 1 aromatic rings. The molecule has 0 spiro atoms. The summed E-state index contributed by atoms with van der Waals surface area (Å²) in [7, 11) is 4.15. The number of rotatable bonds is 0. The van der Waals surface area contributed by atoms with Crippen LogP contribution in [0.15, 0.2) is 17.8 Å². The Bertz CT molecular complexity index is 612. The molecule has 0 aliphatic carbocycles. The number of hydrogen-bond acceptors (Lipinski definition) is 5. The first-order valence-corrected chi connectivity index (χ1v) is 7.47. The molecule has 21 heavy (non-hydrogen) atoms. The zero-order valence-corrected chi connectivity index (χ0v) is 12.6. The molecule has 0 aromatic heterocycles. The van der Waals surface area contributed by atoms with Crippen LogP contribution in [-0.4, -0.2) is 50.4 Å². The predicted octanol–water partition coefficient (Wildman–Crippen LogP) is 1.20. The van der Waals surface area contributed by atoms with Gasteiger partial charge in [0.2, 0.25) is 0 Å². The van der Waals surface area contributed by atoms with Gasteiger partial charge in [0.15, 0.2) is 0 Å². The summed E-state index contributed by atoms with van der Waals surface area (Å²) in [5.41, 5.74) is 4.96. The van der Waals surface area contributed by atoms with Gasteiger partial charge in [0.05, 0.1) is 5.70 Å². The Morgan fingerprint density at radius 2 is 1.86 bits per heavy atom. The van der Waals surface area contributed by atoms with E-state index in [1.165, 1.54) is 22.4 Å². The van der Waals surface area contributed by atoms with Crippen molar-refractivity contribution in [3.63, 3.8) is 0 Å². The van der Waals surface area contributed by atoms with Gasteiger partial charge in [-0.2, -0.15) is 0 Å². The second kappa shape index (κ2) is 4.93. The van der Waals surface area contributed by atoms with Gasteiger partial charge in [0.1, 0.15) is 25.0 Å². The normalized spacial score (nSPS) is 22.2. The van der Waals surface area contributed by atoms with Crippen molar-refractivity contribution in [1.82, 2.24) is 15.1 Å². The van der Waals surface area contributed by atoms with Crippen LogP contribution in [-0.2, 0) is 17.7 Å². The third-order valence-electron chi connectivity index (χ3n) is 4.30. The van der Waals surface area contributed by atoms with E-state index in [2.05, 4.69) is 41.3 Å². The zero-order chi connectivity index (χ0) is 14.4. The number of likely N-dealkylation sites (N-methyl/N-ethyl adjacent to an activating group) is 1. The van der Waals surface area contributed by atoms with Crippen LogP contribution in [0.25, 0.3) is 5.76 Å². The van der Waals surface area contributed by atoms with Crippen LogP contribution in [0.1, 0.15) is 16.7 Å². The van der Waals surface area contributed by atoms with Gasteiger partial charge >= 0.3 is 0 Å². The third-order valence-corrected chi connectivity index (χ3v) is 4.30. The molecule has 1 N–H and O–H groups in total.